The molecule has 21 heavy (non-hydrogen) atoms. The quantitative estimate of drug-likeness (QED) is 0.833. The van der Waals surface area contributed by atoms with Gasteiger partial charge in [0.05, 0.1) is 19.1 Å². The summed E-state index contributed by atoms with van der Waals surface area (Å²) in [4.78, 5) is 24.8. The van der Waals surface area contributed by atoms with Gasteiger partial charge in [0.1, 0.15) is 0 Å². The van der Waals surface area contributed by atoms with E-state index in [1.807, 2.05) is 0 Å². The zero-order valence-corrected chi connectivity index (χ0v) is 12.9. The van der Waals surface area contributed by atoms with Crippen LogP contribution in [0, 0.1) is 5.41 Å². The molecular weight excluding hydrogens is 272 g/mol. The maximum Gasteiger partial charge on any atom is 0.317 e. The number of nitrogens with one attached hydrogen (secondary N) is 1. The first-order chi connectivity index (χ1) is 9.88. The van der Waals surface area contributed by atoms with Crippen molar-refractivity contribution in [3.63, 3.8) is 0 Å². The van der Waals surface area contributed by atoms with Crippen LogP contribution in [-0.4, -0.2) is 53.8 Å². The zero-order chi connectivity index (χ0) is 15.5. The molecule has 2 amide bonds. The average molecular weight is 298 g/mol. The summed E-state index contributed by atoms with van der Waals surface area (Å²) in [6, 6.07) is 0.105. The lowest BCUT2D eigenvalue weighted by Crippen LogP contribution is -2.55. The number of carbonyl (C=O) groups is 2. The summed E-state index contributed by atoms with van der Waals surface area (Å²) >= 11 is 0. The van der Waals surface area contributed by atoms with E-state index in [1.165, 1.54) is 6.42 Å². The maximum absolute atomic E-state index is 12.4. The number of hydrogen-bond donors (Lipinski definition) is 2. The van der Waals surface area contributed by atoms with Crippen LogP contribution in [0.3, 0.4) is 0 Å². The Morgan fingerprint density at radius 1 is 1.38 bits per heavy atom. The summed E-state index contributed by atoms with van der Waals surface area (Å²) in [5, 5.41) is 12.0. The van der Waals surface area contributed by atoms with Crippen LogP contribution in [0.15, 0.2) is 0 Å². The molecule has 1 heterocycles. The van der Waals surface area contributed by atoms with Gasteiger partial charge in [0.15, 0.2) is 0 Å². The van der Waals surface area contributed by atoms with Crippen molar-refractivity contribution in [3.8, 4) is 0 Å². The van der Waals surface area contributed by atoms with E-state index in [4.69, 9.17) is 9.84 Å². The van der Waals surface area contributed by atoms with Crippen LogP contribution in [0.25, 0.3) is 0 Å². The van der Waals surface area contributed by atoms with Crippen molar-refractivity contribution in [2.24, 2.45) is 5.41 Å². The lowest BCUT2D eigenvalue weighted by atomic mass is 9.73. The number of amides is 2. The van der Waals surface area contributed by atoms with Crippen LogP contribution in [-0.2, 0) is 9.53 Å². The molecule has 0 bridgehead atoms. The predicted molar refractivity (Wildman–Crippen MR) is 78.1 cm³/mol. The Balaban J connectivity index is 1.88. The number of carboxylic acids is 1. The Hall–Kier alpha value is -1.30. The van der Waals surface area contributed by atoms with E-state index in [2.05, 4.69) is 19.2 Å². The third-order valence-corrected chi connectivity index (χ3v) is 4.63. The Bertz CT molecular complexity index is 397. The Morgan fingerprint density at radius 2 is 2.14 bits per heavy atom. The van der Waals surface area contributed by atoms with Crippen LogP contribution in [0.5, 0.6) is 0 Å². The number of urea groups is 1. The van der Waals surface area contributed by atoms with Crippen molar-refractivity contribution >= 4 is 12.0 Å². The van der Waals surface area contributed by atoms with Gasteiger partial charge in [-0.05, 0) is 18.3 Å². The van der Waals surface area contributed by atoms with Gasteiger partial charge in [-0.25, -0.2) is 4.79 Å². The van der Waals surface area contributed by atoms with Gasteiger partial charge in [-0.3, -0.25) is 4.79 Å². The molecule has 1 saturated heterocycles. The summed E-state index contributed by atoms with van der Waals surface area (Å²) in [6.07, 6.45) is 4.06. The molecule has 6 heteroatoms. The normalized spacial score (nSPS) is 29.0. The van der Waals surface area contributed by atoms with Crippen molar-refractivity contribution in [1.29, 1.82) is 0 Å². The number of morpholine rings is 1. The number of carbonyl (C=O) groups excluding carboxylic acids is 1. The molecule has 2 aliphatic rings. The highest BCUT2D eigenvalue weighted by molar-refractivity contribution is 5.75. The number of carboxylic acid groups (broad SMARTS) is 1. The SMILES string of the molecule is CC1(C)CCCCC1NC(=O)N1CCOC(CC(=O)O)C1. The zero-order valence-electron chi connectivity index (χ0n) is 12.9. The van der Waals surface area contributed by atoms with E-state index in [0.29, 0.717) is 19.7 Å². The van der Waals surface area contributed by atoms with Gasteiger partial charge in [-0.1, -0.05) is 26.7 Å². The van der Waals surface area contributed by atoms with Gasteiger partial charge in [0.25, 0.3) is 0 Å². The van der Waals surface area contributed by atoms with Crippen molar-refractivity contribution in [2.45, 2.75) is 58.1 Å². The highest BCUT2D eigenvalue weighted by Gasteiger charge is 2.35. The molecule has 0 aromatic heterocycles. The van der Waals surface area contributed by atoms with Gasteiger partial charge in [0.2, 0.25) is 0 Å². The number of rotatable bonds is 3. The van der Waals surface area contributed by atoms with E-state index in [0.717, 1.165) is 19.3 Å². The minimum absolute atomic E-state index is 0.0568. The van der Waals surface area contributed by atoms with Crippen LogP contribution < -0.4 is 5.32 Å². The number of ether oxygens (including phenoxy) is 1. The standard InChI is InChI=1S/C15H26N2O4/c1-15(2)6-4-3-5-12(15)16-14(20)17-7-8-21-11(10-17)9-13(18)19/h11-12H,3-10H2,1-2H3,(H,16,20)(H,18,19). The first kappa shape index (κ1) is 16.1. The van der Waals surface area contributed by atoms with E-state index in [-0.39, 0.29) is 23.9 Å². The fraction of sp³-hybridized carbons (Fsp3) is 0.867. The molecule has 1 aliphatic heterocycles. The van der Waals surface area contributed by atoms with E-state index < -0.39 is 12.1 Å². The first-order valence-electron chi connectivity index (χ1n) is 7.77. The summed E-state index contributed by atoms with van der Waals surface area (Å²) in [7, 11) is 0. The Kier molecular flexibility index (Phi) is 5.08. The van der Waals surface area contributed by atoms with E-state index in [1.54, 1.807) is 4.90 Å². The van der Waals surface area contributed by atoms with E-state index >= 15 is 0 Å². The molecule has 6 nitrogen and oxygen atoms in total. The molecule has 0 radical (unpaired) electrons. The van der Waals surface area contributed by atoms with Crippen molar-refractivity contribution in [1.82, 2.24) is 10.2 Å². The molecule has 2 unspecified atom stereocenters. The molecule has 0 spiro atoms. The minimum atomic E-state index is -0.893. The largest absolute Gasteiger partial charge is 0.481 e. The first-order valence-corrected chi connectivity index (χ1v) is 7.77. The molecule has 2 rings (SSSR count). The predicted octanol–water partition coefficient (Wildman–Crippen LogP) is 1.84. The van der Waals surface area contributed by atoms with Gasteiger partial charge >= 0.3 is 12.0 Å². The second kappa shape index (κ2) is 6.64. The third kappa shape index (κ3) is 4.33. The molecule has 0 aromatic carbocycles. The number of nitrogens with zero attached hydrogens (tertiary/aromatic N) is 1. The fourth-order valence-corrected chi connectivity index (χ4v) is 3.22. The summed E-state index contributed by atoms with van der Waals surface area (Å²) in [6.45, 7) is 5.67. The van der Waals surface area contributed by atoms with Crippen LogP contribution in [0.4, 0.5) is 4.79 Å². The Labute approximate surface area is 125 Å². The molecule has 0 aromatic rings. The summed E-state index contributed by atoms with van der Waals surface area (Å²) in [5.41, 5.74) is 0.126. The van der Waals surface area contributed by atoms with Crippen LogP contribution in [0.1, 0.15) is 46.0 Å². The maximum atomic E-state index is 12.4. The fourth-order valence-electron chi connectivity index (χ4n) is 3.22. The molecule has 1 aliphatic carbocycles. The number of hydrogen-bond acceptors (Lipinski definition) is 3. The van der Waals surface area contributed by atoms with Gasteiger partial charge in [-0.2, -0.15) is 0 Å². The lowest BCUT2D eigenvalue weighted by molar-refractivity contribution is -0.141. The molecule has 2 fully saturated rings. The van der Waals surface area contributed by atoms with Gasteiger partial charge in [0, 0.05) is 19.1 Å². The lowest BCUT2D eigenvalue weighted by Gasteiger charge is -2.41. The second-order valence-corrected chi connectivity index (χ2v) is 6.77. The highest BCUT2D eigenvalue weighted by atomic mass is 16.5. The van der Waals surface area contributed by atoms with Crippen molar-refractivity contribution in [3.05, 3.63) is 0 Å². The molecule has 1 saturated carbocycles. The van der Waals surface area contributed by atoms with E-state index in [9.17, 15) is 9.59 Å². The topological polar surface area (TPSA) is 78.9 Å². The van der Waals surface area contributed by atoms with Crippen LogP contribution >= 0.6 is 0 Å². The molecule has 2 atom stereocenters. The molecular formula is C15H26N2O4. The summed E-state index contributed by atoms with van der Waals surface area (Å²) in [5.74, 6) is -0.893. The molecule has 2 N–H and O–H groups in total. The van der Waals surface area contributed by atoms with Crippen LogP contribution in [0.2, 0.25) is 0 Å². The van der Waals surface area contributed by atoms with Crippen molar-refractivity contribution in [2.75, 3.05) is 19.7 Å². The minimum Gasteiger partial charge on any atom is -0.481 e. The Morgan fingerprint density at radius 3 is 2.81 bits per heavy atom. The highest BCUT2D eigenvalue weighted by Crippen LogP contribution is 2.35. The van der Waals surface area contributed by atoms with Gasteiger partial charge < -0.3 is 20.1 Å². The number of aliphatic carboxylic acids is 1. The second-order valence-electron chi connectivity index (χ2n) is 6.77. The molecule has 120 valence electrons. The monoisotopic (exact) mass is 298 g/mol. The average Bonchev–Trinajstić information content (AvgIpc) is 2.40. The van der Waals surface area contributed by atoms with Gasteiger partial charge in [-0.15, -0.1) is 0 Å². The van der Waals surface area contributed by atoms with Crippen molar-refractivity contribution < 1.29 is 19.4 Å². The smallest absolute Gasteiger partial charge is 0.317 e. The third-order valence-electron chi connectivity index (χ3n) is 4.63. The summed E-state index contributed by atoms with van der Waals surface area (Å²) < 4.78 is 5.40.